The molecule has 2 aliphatic rings. The smallest absolute Gasteiger partial charge is 0.241 e. The van der Waals surface area contributed by atoms with Crippen molar-refractivity contribution in [3.05, 3.63) is 59.1 Å². The summed E-state index contributed by atoms with van der Waals surface area (Å²) in [5, 5.41) is 3.41. The summed E-state index contributed by atoms with van der Waals surface area (Å²) < 4.78 is 0. The summed E-state index contributed by atoms with van der Waals surface area (Å²) in [6, 6.07) is 15.7. The minimum absolute atomic E-state index is 0.0728. The molecule has 2 aromatic carbocycles. The topological polar surface area (TPSA) is 55.9 Å². The Kier molecular flexibility index (Phi) is 6.90. The van der Waals surface area contributed by atoms with Crippen LogP contribution in [0.2, 0.25) is 5.02 Å². The summed E-state index contributed by atoms with van der Waals surface area (Å²) in [7, 11) is 0. The van der Waals surface area contributed by atoms with E-state index < -0.39 is 0 Å². The molecule has 2 aliphatic heterocycles. The molecular formula is C24H29ClN4O2. The second kappa shape index (κ2) is 9.81. The third-order valence-corrected chi connectivity index (χ3v) is 6.46. The van der Waals surface area contributed by atoms with Crippen molar-refractivity contribution in [2.75, 3.05) is 49.5 Å². The number of rotatable bonds is 5. The van der Waals surface area contributed by atoms with Crippen molar-refractivity contribution in [1.82, 2.24) is 9.80 Å². The molecule has 0 saturated carbocycles. The standard InChI is InChI=1S/C24H29ClN4O2/c1-18-10-11-19-6-2-5-9-22(19)29(18)24(31)17-28-14-12-27(13-15-28)16-23(30)26-21-8-4-3-7-20(21)25/h2-9,18H,10-17H2,1H3,(H,26,30). The number of amides is 2. The van der Waals surface area contributed by atoms with Gasteiger partial charge < -0.3 is 10.2 Å². The van der Waals surface area contributed by atoms with Crippen LogP contribution in [0, 0.1) is 0 Å². The molecule has 2 heterocycles. The number of nitrogens with one attached hydrogen (secondary N) is 1. The SMILES string of the molecule is CC1CCc2ccccc2N1C(=O)CN1CCN(CC(=O)Nc2ccccc2Cl)CC1. The number of hydrogen-bond donors (Lipinski definition) is 1. The van der Waals surface area contributed by atoms with Crippen LogP contribution in [0.3, 0.4) is 0 Å². The van der Waals surface area contributed by atoms with E-state index in [2.05, 4.69) is 34.2 Å². The first-order chi connectivity index (χ1) is 15.0. The Bertz CT molecular complexity index is 943. The summed E-state index contributed by atoms with van der Waals surface area (Å²) in [4.78, 5) is 31.8. The third kappa shape index (κ3) is 5.26. The van der Waals surface area contributed by atoms with Gasteiger partial charge in [-0.25, -0.2) is 0 Å². The summed E-state index contributed by atoms with van der Waals surface area (Å²) >= 11 is 6.11. The number of para-hydroxylation sites is 2. The van der Waals surface area contributed by atoms with Crippen molar-refractivity contribution in [3.63, 3.8) is 0 Å². The molecule has 1 N–H and O–H groups in total. The Morgan fingerprint density at radius 3 is 2.35 bits per heavy atom. The predicted molar refractivity (Wildman–Crippen MR) is 125 cm³/mol. The Hall–Kier alpha value is -2.41. The van der Waals surface area contributed by atoms with Gasteiger partial charge in [0.2, 0.25) is 11.8 Å². The van der Waals surface area contributed by atoms with Gasteiger partial charge >= 0.3 is 0 Å². The highest BCUT2D eigenvalue weighted by Gasteiger charge is 2.30. The Labute approximate surface area is 188 Å². The van der Waals surface area contributed by atoms with Gasteiger partial charge in [0.05, 0.1) is 23.8 Å². The van der Waals surface area contributed by atoms with E-state index in [1.54, 1.807) is 12.1 Å². The van der Waals surface area contributed by atoms with E-state index >= 15 is 0 Å². The van der Waals surface area contributed by atoms with E-state index in [-0.39, 0.29) is 17.9 Å². The number of carbonyl (C=O) groups is 2. The number of anilines is 2. The molecule has 2 amide bonds. The average molecular weight is 441 g/mol. The molecule has 1 atom stereocenters. The monoisotopic (exact) mass is 440 g/mol. The van der Waals surface area contributed by atoms with Gasteiger partial charge in [0.15, 0.2) is 0 Å². The highest BCUT2D eigenvalue weighted by molar-refractivity contribution is 6.33. The molecule has 164 valence electrons. The summed E-state index contributed by atoms with van der Waals surface area (Å²) in [5.41, 5.74) is 2.94. The lowest BCUT2D eigenvalue weighted by atomic mass is 9.96. The minimum Gasteiger partial charge on any atom is -0.324 e. The van der Waals surface area contributed by atoms with Crippen molar-refractivity contribution in [3.8, 4) is 0 Å². The molecule has 1 fully saturated rings. The molecule has 4 rings (SSSR count). The van der Waals surface area contributed by atoms with E-state index in [1.807, 2.05) is 29.2 Å². The summed E-state index contributed by atoms with van der Waals surface area (Å²) in [6.45, 7) is 5.93. The zero-order valence-electron chi connectivity index (χ0n) is 17.9. The minimum atomic E-state index is -0.0728. The molecule has 1 saturated heterocycles. The molecule has 7 heteroatoms. The Morgan fingerprint density at radius 2 is 1.61 bits per heavy atom. The van der Waals surface area contributed by atoms with Crippen LogP contribution in [-0.2, 0) is 16.0 Å². The van der Waals surface area contributed by atoms with Crippen LogP contribution in [0.4, 0.5) is 11.4 Å². The Balaban J connectivity index is 1.27. The first kappa shape index (κ1) is 21.8. The number of carbonyl (C=O) groups excluding carboxylic acids is 2. The first-order valence-electron chi connectivity index (χ1n) is 10.9. The fourth-order valence-corrected chi connectivity index (χ4v) is 4.58. The maximum Gasteiger partial charge on any atom is 0.241 e. The second-order valence-electron chi connectivity index (χ2n) is 8.36. The molecule has 6 nitrogen and oxygen atoms in total. The lowest BCUT2D eigenvalue weighted by molar-refractivity contribution is -0.121. The third-order valence-electron chi connectivity index (χ3n) is 6.13. The van der Waals surface area contributed by atoms with Crippen LogP contribution in [0.5, 0.6) is 0 Å². The van der Waals surface area contributed by atoms with Gasteiger partial charge in [0.1, 0.15) is 0 Å². The number of halogens is 1. The first-order valence-corrected chi connectivity index (χ1v) is 11.3. The van der Waals surface area contributed by atoms with Crippen LogP contribution < -0.4 is 10.2 Å². The van der Waals surface area contributed by atoms with Gasteiger partial charge in [0, 0.05) is 37.9 Å². The number of piperazine rings is 1. The summed E-state index contributed by atoms with van der Waals surface area (Å²) in [5.74, 6) is 0.0842. The van der Waals surface area contributed by atoms with E-state index in [0.717, 1.165) is 44.7 Å². The number of nitrogens with zero attached hydrogens (tertiary/aromatic N) is 3. The fraction of sp³-hybridized carbons (Fsp3) is 0.417. The molecular weight excluding hydrogens is 412 g/mol. The number of benzene rings is 2. The maximum absolute atomic E-state index is 13.1. The van der Waals surface area contributed by atoms with Crippen LogP contribution in [0.25, 0.3) is 0 Å². The number of fused-ring (bicyclic) bond motifs is 1. The largest absolute Gasteiger partial charge is 0.324 e. The van der Waals surface area contributed by atoms with Gasteiger partial charge in [-0.1, -0.05) is 41.9 Å². The second-order valence-corrected chi connectivity index (χ2v) is 8.77. The van der Waals surface area contributed by atoms with Crippen LogP contribution in [0.15, 0.2) is 48.5 Å². The zero-order chi connectivity index (χ0) is 21.8. The van der Waals surface area contributed by atoms with Gasteiger partial charge in [-0.05, 0) is 43.5 Å². The molecule has 2 aromatic rings. The van der Waals surface area contributed by atoms with Crippen molar-refractivity contribution in [2.45, 2.75) is 25.8 Å². The van der Waals surface area contributed by atoms with Crippen molar-refractivity contribution in [2.24, 2.45) is 0 Å². The molecule has 0 aromatic heterocycles. The maximum atomic E-state index is 13.1. The van der Waals surface area contributed by atoms with Crippen LogP contribution in [-0.4, -0.2) is 66.9 Å². The van der Waals surface area contributed by atoms with Crippen molar-refractivity contribution < 1.29 is 9.59 Å². The molecule has 0 aliphatic carbocycles. The van der Waals surface area contributed by atoms with Crippen LogP contribution >= 0.6 is 11.6 Å². The van der Waals surface area contributed by atoms with Gasteiger partial charge in [-0.15, -0.1) is 0 Å². The molecule has 0 spiro atoms. The lowest BCUT2D eigenvalue weighted by Gasteiger charge is -2.38. The van der Waals surface area contributed by atoms with Crippen LogP contribution in [0.1, 0.15) is 18.9 Å². The number of aryl methyl sites for hydroxylation is 1. The lowest BCUT2D eigenvalue weighted by Crippen LogP contribution is -2.53. The molecule has 31 heavy (non-hydrogen) atoms. The quantitative estimate of drug-likeness (QED) is 0.775. The van der Waals surface area contributed by atoms with Gasteiger partial charge in [-0.3, -0.25) is 19.4 Å². The molecule has 0 bridgehead atoms. The zero-order valence-corrected chi connectivity index (χ0v) is 18.6. The number of hydrogen-bond acceptors (Lipinski definition) is 4. The van der Waals surface area contributed by atoms with Gasteiger partial charge in [-0.2, -0.15) is 0 Å². The van der Waals surface area contributed by atoms with E-state index in [9.17, 15) is 9.59 Å². The predicted octanol–water partition coefficient (Wildman–Crippen LogP) is 3.26. The Morgan fingerprint density at radius 1 is 0.968 bits per heavy atom. The normalized spacial score (nSPS) is 19.7. The van der Waals surface area contributed by atoms with Crippen molar-refractivity contribution in [1.29, 1.82) is 0 Å². The molecule has 1 unspecified atom stereocenters. The highest BCUT2D eigenvalue weighted by Crippen LogP contribution is 2.30. The summed E-state index contributed by atoms with van der Waals surface area (Å²) in [6.07, 6.45) is 2.02. The average Bonchev–Trinajstić information content (AvgIpc) is 2.76. The fourth-order valence-electron chi connectivity index (χ4n) is 4.40. The van der Waals surface area contributed by atoms with E-state index in [0.29, 0.717) is 23.8 Å². The van der Waals surface area contributed by atoms with Crippen molar-refractivity contribution >= 4 is 34.8 Å². The van der Waals surface area contributed by atoms with E-state index in [1.165, 1.54) is 5.56 Å². The highest BCUT2D eigenvalue weighted by atomic mass is 35.5. The molecule has 0 radical (unpaired) electrons. The van der Waals surface area contributed by atoms with E-state index in [4.69, 9.17) is 11.6 Å². The van der Waals surface area contributed by atoms with Gasteiger partial charge in [0.25, 0.3) is 0 Å².